The second kappa shape index (κ2) is 9.23. The Morgan fingerprint density at radius 2 is 1.71 bits per heavy atom. The zero-order valence-corrected chi connectivity index (χ0v) is 19.9. The molecule has 5 N–H and O–H groups in total. The summed E-state index contributed by atoms with van der Waals surface area (Å²) in [5.74, 6) is -0.441. The topological polar surface area (TPSA) is 198 Å². The summed E-state index contributed by atoms with van der Waals surface area (Å²) in [5.41, 5.74) is 6.49. The number of hydrogen-bond donors (Lipinski definition) is 4. The van der Waals surface area contributed by atoms with Crippen molar-refractivity contribution in [3.8, 4) is 0 Å². The number of hydrogen-bond acceptors (Lipinski definition) is 9. The Kier molecular flexibility index (Phi) is 6.91. The van der Waals surface area contributed by atoms with Gasteiger partial charge in [0.2, 0.25) is 5.91 Å². The van der Waals surface area contributed by atoms with Gasteiger partial charge in [0.1, 0.15) is 21.2 Å². The van der Waals surface area contributed by atoms with Crippen LogP contribution >= 0.6 is 0 Å². The van der Waals surface area contributed by atoms with Crippen molar-refractivity contribution in [2.75, 3.05) is 7.11 Å². The summed E-state index contributed by atoms with van der Waals surface area (Å²) in [5, 5.41) is 10.4. The maximum absolute atomic E-state index is 12.0. The van der Waals surface area contributed by atoms with Crippen LogP contribution in [0.1, 0.15) is 13.8 Å². The predicted octanol–water partition coefficient (Wildman–Crippen LogP) is 2.27. The third-order valence-electron chi connectivity index (χ3n) is 5.16. The highest BCUT2D eigenvalue weighted by Gasteiger charge is 2.30. The lowest BCUT2D eigenvalue weighted by molar-refractivity contribution is -0.118. The summed E-state index contributed by atoms with van der Waals surface area (Å²) in [7, 11) is -8.13. The van der Waals surface area contributed by atoms with Crippen LogP contribution in [0.2, 0.25) is 0 Å². The number of azo groups is 1. The number of amides is 1. The number of nitrogens with one attached hydrogen (secondary N) is 1. The van der Waals surface area contributed by atoms with E-state index in [-0.39, 0.29) is 28.1 Å². The van der Waals surface area contributed by atoms with Gasteiger partial charge in [-0.2, -0.15) is 21.9 Å². The second-order valence-corrected chi connectivity index (χ2v) is 10.3. The number of carbonyl (C=O) groups is 1. The molecule has 2 aromatic carbocycles. The van der Waals surface area contributed by atoms with Gasteiger partial charge in [-0.25, -0.2) is 0 Å². The van der Waals surface area contributed by atoms with Gasteiger partial charge < -0.3 is 15.8 Å². The fourth-order valence-electron chi connectivity index (χ4n) is 3.53. The smallest absolute Gasteiger partial charge is 0.295 e. The Morgan fingerprint density at radius 1 is 1.06 bits per heavy atom. The van der Waals surface area contributed by atoms with Crippen molar-refractivity contribution in [1.82, 2.24) is 5.32 Å². The number of rotatable bonds is 6. The molecule has 0 fully saturated rings. The fraction of sp³-hybridized carbons (Fsp3) is 0.250. The van der Waals surface area contributed by atoms with Crippen molar-refractivity contribution in [1.29, 1.82) is 0 Å². The van der Waals surface area contributed by atoms with Gasteiger partial charge in [0, 0.05) is 29.7 Å². The third kappa shape index (κ3) is 5.15. The van der Waals surface area contributed by atoms with Gasteiger partial charge >= 0.3 is 0 Å². The standard InChI is InChI=1S/C20H22N4O8S2/c1-10-19(21)16(32-3)9-15(20(10)22-11(2)25)24-23-12-7-14-13(18(8-12)34(29,30)31)5-4-6-17(14)33(26,27)28/h4-10,19H,21H2,1-3H3,(H,22,25)(H,26,27,28)(H,29,30,31)/b24-23+/t10-,19?/m1/s1. The van der Waals surface area contributed by atoms with Crippen molar-refractivity contribution in [3.63, 3.8) is 0 Å². The van der Waals surface area contributed by atoms with Crippen LogP contribution < -0.4 is 11.1 Å². The molecule has 0 radical (unpaired) electrons. The van der Waals surface area contributed by atoms with E-state index in [2.05, 4.69) is 15.5 Å². The first-order valence-electron chi connectivity index (χ1n) is 9.70. The summed E-state index contributed by atoms with van der Waals surface area (Å²) < 4.78 is 72.1. The highest BCUT2D eigenvalue weighted by Crippen LogP contribution is 2.34. The van der Waals surface area contributed by atoms with E-state index in [1.54, 1.807) is 6.92 Å². The number of benzene rings is 2. The first kappa shape index (κ1) is 25.5. The first-order chi connectivity index (χ1) is 15.7. The lowest BCUT2D eigenvalue weighted by Crippen LogP contribution is -2.40. The normalized spacial score (nSPS) is 19.4. The molecule has 0 aromatic heterocycles. The molecule has 2 atom stereocenters. The molecule has 12 nitrogen and oxygen atoms in total. The van der Waals surface area contributed by atoms with Crippen LogP contribution in [0.3, 0.4) is 0 Å². The lowest BCUT2D eigenvalue weighted by atomic mass is 9.91. The van der Waals surface area contributed by atoms with Crippen LogP contribution in [0.25, 0.3) is 10.8 Å². The monoisotopic (exact) mass is 510 g/mol. The summed E-state index contributed by atoms with van der Waals surface area (Å²) in [4.78, 5) is 10.5. The molecular weight excluding hydrogens is 488 g/mol. The van der Waals surface area contributed by atoms with Crippen LogP contribution in [-0.2, 0) is 29.8 Å². The maximum atomic E-state index is 12.0. The van der Waals surface area contributed by atoms with Gasteiger partial charge in [-0.1, -0.05) is 19.1 Å². The molecule has 14 heteroatoms. The van der Waals surface area contributed by atoms with Gasteiger partial charge in [0.05, 0.1) is 24.5 Å². The van der Waals surface area contributed by atoms with Gasteiger partial charge in [-0.05, 0) is 18.2 Å². The average molecular weight is 511 g/mol. The predicted molar refractivity (Wildman–Crippen MR) is 121 cm³/mol. The molecule has 0 heterocycles. The molecular formula is C20H22N4O8S2. The third-order valence-corrected chi connectivity index (χ3v) is 6.96. The molecule has 3 rings (SSSR count). The van der Waals surface area contributed by atoms with E-state index in [0.717, 1.165) is 12.1 Å². The Morgan fingerprint density at radius 3 is 2.26 bits per heavy atom. The van der Waals surface area contributed by atoms with Crippen LogP contribution in [0, 0.1) is 5.92 Å². The van der Waals surface area contributed by atoms with Crippen molar-refractivity contribution in [3.05, 3.63) is 53.6 Å². The number of nitrogens with two attached hydrogens (primary N) is 1. The van der Waals surface area contributed by atoms with Gasteiger partial charge in [0.15, 0.2) is 0 Å². The van der Waals surface area contributed by atoms with Crippen molar-refractivity contribution < 1.29 is 35.5 Å². The molecule has 1 amide bonds. The largest absolute Gasteiger partial charge is 0.499 e. The van der Waals surface area contributed by atoms with Crippen LogP contribution in [0.5, 0.6) is 0 Å². The molecule has 0 aliphatic heterocycles. The highest BCUT2D eigenvalue weighted by atomic mass is 32.2. The van der Waals surface area contributed by atoms with E-state index in [0.29, 0.717) is 11.5 Å². The molecule has 34 heavy (non-hydrogen) atoms. The molecule has 182 valence electrons. The summed E-state index contributed by atoms with van der Waals surface area (Å²) >= 11 is 0. The molecule has 1 aliphatic rings. The molecule has 0 saturated carbocycles. The lowest BCUT2D eigenvalue weighted by Gasteiger charge is -2.29. The second-order valence-electron chi connectivity index (χ2n) is 7.49. The van der Waals surface area contributed by atoms with Crippen LogP contribution in [-0.4, -0.2) is 45.0 Å². The summed E-state index contributed by atoms with van der Waals surface area (Å²) in [6.45, 7) is 3.04. The fourth-order valence-corrected chi connectivity index (χ4v) is 4.95. The molecule has 0 spiro atoms. The van der Waals surface area contributed by atoms with Crippen molar-refractivity contribution >= 4 is 42.6 Å². The van der Waals surface area contributed by atoms with Crippen molar-refractivity contribution in [2.45, 2.75) is 29.7 Å². The Bertz CT molecular complexity index is 1480. The molecule has 0 bridgehead atoms. The number of nitrogens with zero attached hydrogens (tertiary/aromatic N) is 2. The summed E-state index contributed by atoms with van der Waals surface area (Å²) in [6.07, 6.45) is 1.45. The van der Waals surface area contributed by atoms with E-state index in [1.807, 2.05) is 0 Å². The van der Waals surface area contributed by atoms with Crippen LogP contribution in [0.15, 0.2) is 73.6 Å². The molecule has 1 aliphatic carbocycles. The van der Waals surface area contributed by atoms with E-state index >= 15 is 0 Å². The Hall–Kier alpha value is -3.17. The van der Waals surface area contributed by atoms with Gasteiger partial charge in [0.25, 0.3) is 20.2 Å². The molecule has 2 aromatic rings. The number of methoxy groups -OCH3 is 1. The van der Waals surface area contributed by atoms with E-state index < -0.39 is 42.0 Å². The first-order valence-corrected chi connectivity index (χ1v) is 12.6. The van der Waals surface area contributed by atoms with E-state index in [9.17, 15) is 30.7 Å². The molecule has 1 unspecified atom stereocenters. The zero-order chi connectivity index (χ0) is 25.4. The SMILES string of the molecule is COC1=CC(/N=N/c2cc(S(=O)(=O)O)c3cccc(S(=O)(=O)O)c3c2)=C(NC(C)=O)[C@H](C)C1N. The number of allylic oxidation sites excluding steroid dienone is 1. The van der Waals surface area contributed by atoms with Crippen molar-refractivity contribution in [2.24, 2.45) is 21.9 Å². The maximum Gasteiger partial charge on any atom is 0.295 e. The number of carbonyl (C=O) groups excluding carboxylic acids is 1. The number of ether oxygens (including phenoxy) is 1. The zero-order valence-electron chi connectivity index (χ0n) is 18.3. The number of fused-ring (bicyclic) bond motifs is 1. The minimum atomic E-state index is -4.81. The van der Waals surface area contributed by atoms with E-state index in [4.69, 9.17) is 10.5 Å². The quantitative estimate of drug-likeness (QED) is 0.332. The van der Waals surface area contributed by atoms with Gasteiger partial charge in [-0.3, -0.25) is 13.9 Å². The minimum absolute atomic E-state index is 0.145. The average Bonchev–Trinajstić information content (AvgIpc) is 2.73. The van der Waals surface area contributed by atoms with Gasteiger partial charge in [-0.15, -0.1) is 5.11 Å². The summed E-state index contributed by atoms with van der Waals surface area (Å²) in [6, 6.07) is 5.16. The van der Waals surface area contributed by atoms with Crippen LogP contribution in [0.4, 0.5) is 5.69 Å². The van der Waals surface area contributed by atoms with E-state index in [1.165, 1.54) is 38.3 Å². The Balaban J connectivity index is 2.26. The Labute approximate surface area is 195 Å². The highest BCUT2D eigenvalue weighted by molar-refractivity contribution is 7.86. The minimum Gasteiger partial charge on any atom is -0.499 e. The molecule has 0 saturated heterocycles.